The number of allylic oxidation sites excluding steroid dienone is 1. The van der Waals surface area contributed by atoms with Gasteiger partial charge in [0.05, 0.1) is 16.9 Å². The van der Waals surface area contributed by atoms with E-state index < -0.39 is 12.8 Å². The summed E-state index contributed by atoms with van der Waals surface area (Å²) in [6.07, 6.45) is 0.594. The Morgan fingerprint density at radius 2 is 2.03 bits per heavy atom. The molecular weight excluding hydrogens is 367 g/mol. The van der Waals surface area contributed by atoms with Crippen LogP contribution in [0, 0.1) is 0 Å². The standard InChI is InChI=1S/C24H25FN2O2/c1-4-13-27(17(2)3)23-12-10-19(14-24(23)29-16-20(28)15-25)22-11-9-18-7-5-6-8-21(18)26-22/h4-12,14,20,28H,1-2,13,15-16H2,3H3. The monoisotopic (exact) mass is 392 g/mol. The number of fused-ring (bicyclic) bond motifs is 1. The molecule has 0 fully saturated rings. The van der Waals surface area contributed by atoms with Crippen molar-refractivity contribution in [3.05, 3.63) is 79.5 Å². The molecule has 3 rings (SSSR count). The predicted octanol–water partition coefficient (Wildman–Crippen LogP) is 5.14. The number of rotatable bonds is 9. The third kappa shape index (κ3) is 4.81. The van der Waals surface area contributed by atoms with E-state index in [1.54, 1.807) is 6.08 Å². The number of anilines is 1. The third-order valence-electron chi connectivity index (χ3n) is 4.53. The highest BCUT2D eigenvalue weighted by Crippen LogP contribution is 2.35. The lowest BCUT2D eigenvalue weighted by molar-refractivity contribution is 0.0844. The van der Waals surface area contributed by atoms with Crippen molar-refractivity contribution in [1.29, 1.82) is 0 Å². The molecule has 150 valence electrons. The van der Waals surface area contributed by atoms with Gasteiger partial charge in [-0.05, 0) is 31.2 Å². The van der Waals surface area contributed by atoms with E-state index >= 15 is 0 Å². The van der Waals surface area contributed by atoms with Crippen molar-refractivity contribution in [3.8, 4) is 17.0 Å². The number of aliphatic hydroxyl groups excluding tert-OH is 1. The lowest BCUT2D eigenvalue weighted by atomic mass is 10.1. The number of nitrogens with zero attached hydrogens (tertiary/aromatic N) is 2. The van der Waals surface area contributed by atoms with Crippen LogP contribution in [0.25, 0.3) is 22.2 Å². The van der Waals surface area contributed by atoms with Crippen LogP contribution in [0.4, 0.5) is 10.1 Å². The molecule has 0 aliphatic carbocycles. The average molecular weight is 392 g/mol. The topological polar surface area (TPSA) is 45.6 Å². The minimum atomic E-state index is -1.18. The van der Waals surface area contributed by atoms with E-state index in [1.807, 2.05) is 66.4 Å². The molecule has 4 nitrogen and oxygen atoms in total. The summed E-state index contributed by atoms with van der Waals surface area (Å²) in [5.74, 6) is 0.523. The molecule has 1 heterocycles. The Kier molecular flexibility index (Phi) is 6.62. The summed E-state index contributed by atoms with van der Waals surface area (Å²) in [6, 6.07) is 17.6. The molecule has 1 N–H and O–H groups in total. The first-order valence-corrected chi connectivity index (χ1v) is 9.44. The number of pyridine rings is 1. The molecule has 29 heavy (non-hydrogen) atoms. The van der Waals surface area contributed by atoms with Gasteiger partial charge in [0.25, 0.3) is 0 Å². The van der Waals surface area contributed by atoms with Crippen molar-refractivity contribution in [2.24, 2.45) is 0 Å². The fourth-order valence-corrected chi connectivity index (χ4v) is 3.06. The number of alkyl halides is 1. The van der Waals surface area contributed by atoms with Gasteiger partial charge >= 0.3 is 0 Å². The highest BCUT2D eigenvalue weighted by atomic mass is 19.1. The summed E-state index contributed by atoms with van der Waals surface area (Å²) < 4.78 is 18.5. The number of ether oxygens (including phenoxy) is 1. The first-order chi connectivity index (χ1) is 14.0. The molecule has 1 atom stereocenters. The molecule has 0 saturated carbocycles. The van der Waals surface area contributed by atoms with Crippen LogP contribution in [-0.4, -0.2) is 36.0 Å². The van der Waals surface area contributed by atoms with Crippen molar-refractivity contribution < 1.29 is 14.2 Å². The molecular formula is C24H25FN2O2. The number of para-hydroxylation sites is 1. The minimum absolute atomic E-state index is 0.143. The second-order valence-corrected chi connectivity index (χ2v) is 6.83. The molecule has 1 aromatic heterocycles. The van der Waals surface area contributed by atoms with Crippen LogP contribution < -0.4 is 9.64 Å². The van der Waals surface area contributed by atoms with Crippen LogP contribution in [0.1, 0.15) is 6.92 Å². The maximum absolute atomic E-state index is 12.7. The van der Waals surface area contributed by atoms with Gasteiger partial charge < -0.3 is 14.7 Å². The van der Waals surface area contributed by atoms with Crippen molar-refractivity contribution in [2.75, 3.05) is 24.7 Å². The van der Waals surface area contributed by atoms with Gasteiger partial charge in [0.1, 0.15) is 25.1 Å². The smallest absolute Gasteiger partial charge is 0.143 e. The lowest BCUT2D eigenvalue weighted by Gasteiger charge is -2.26. The van der Waals surface area contributed by atoms with Crippen molar-refractivity contribution in [3.63, 3.8) is 0 Å². The maximum Gasteiger partial charge on any atom is 0.143 e. The Morgan fingerprint density at radius 1 is 1.24 bits per heavy atom. The van der Waals surface area contributed by atoms with Crippen molar-refractivity contribution in [2.45, 2.75) is 13.0 Å². The number of halogens is 1. The predicted molar refractivity (Wildman–Crippen MR) is 117 cm³/mol. The second kappa shape index (κ2) is 9.34. The first-order valence-electron chi connectivity index (χ1n) is 9.44. The maximum atomic E-state index is 12.7. The van der Waals surface area contributed by atoms with E-state index in [-0.39, 0.29) is 6.61 Å². The van der Waals surface area contributed by atoms with Gasteiger partial charge in [-0.2, -0.15) is 0 Å². The SMILES string of the molecule is C=CCN(C(=C)C)c1ccc(-c2ccc3ccccc3n2)cc1OCC(O)CF. The third-order valence-corrected chi connectivity index (χ3v) is 4.53. The van der Waals surface area contributed by atoms with E-state index in [4.69, 9.17) is 9.72 Å². The second-order valence-electron chi connectivity index (χ2n) is 6.83. The van der Waals surface area contributed by atoms with E-state index in [0.717, 1.165) is 33.5 Å². The van der Waals surface area contributed by atoms with Crippen LogP contribution in [0.3, 0.4) is 0 Å². The molecule has 0 saturated heterocycles. The van der Waals surface area contributed by atoms with E-state index in [0.29, 0.717) is 12.3 Å². The van der Waals surface area contributed by atoms with E-state index in [9.17, 15) is 9.50 Å². The molecule has 0 amide bonds. The van der Waals surface area contributed by atoms with Crippen molar-refractivity contribution >= 4 is 16.6 Å². The first kappa shape index (κ1) is 20.6. The summed E-state index contributed by atoms with van der Waals surface area (Å²) in [5, 5.41) is 10.7. The normalized spacial score (nSPS) is 11.8. The van der Waals surface area contributed by atoms with Crippen LogP contribution in [-0.2, 0) is 0 Å². The molecule has 3 aromatic rings. The van der Waals surface area contributed by atoms with Gasteiger partial charge in [0, 0.05) is 23.2 Å². The molecule has 0 aliphatic rings. The number of aromatic nitrogens is 1. The Morgan fingerprint density at radius 3 is 2.76 bits per heavy atom. The average Bonchev–Trinajstić information content (AvgIpc) is 2.75. The zero-order chi connectivity index (χ0) is 20.8. The van der Waals surface area contributed by atoms with E-state index in [1.165, 1.54) is 0 Å². The van der Waals surface area contributed by atoms with Gasteiger partial charge in [0.2, 0.25) is 0 Å². The lowest BCUT2D eigenvalue weighted by Crippen LogP contribution is -2.23. The zero-order valence-corrected chi connectivity index (χ0v) is 16.5. The molecule has 0 radical (unpaired) electrons. The van der Waals surface area contributed by atoms with Crippen LogP contribution in [0.2, 0.25) is 0 Å². The molecule has 0 bridgehead atoms. The highest BCUT2D eigenvalue weighted by molar-refractivity contribution is 5.82. The number of aliphatic hydroxyl groups is 1. The van der Waals surface area contributed by atoms with Crippen LogP contribution in [0.15, 0.2) is 79.5 Å². The van der Waals surface area contributed by atoms with Crippen LogP contribution in [0.5, 0.6) is 5.75 Å². The van der Waals surface area contributed by atoms with Gasteiger partial charge in [-0.25, -0.2) is 9.37 Å². The van der Waals surface area contributed by atoms with E-state index in [2.05, 4.69) is 13.2 Å². The summed E-state index contributed by atoms with van der Waals surface area (Å²) in [7, 11) is 0. The van der Waals surface area contributed by atoms with Gasteiger partial charge in [-0.15, -0.1) is 6.58 Å². The molecule has 2 aromatic carbocycles. The molecule has 1 unspecified atom stereocenters. The molecule has 5 heteroatoms. The summed E-state index contributed by atoms with van der Waals surface area (Å²) in [4.78, 5) is 6.68. The molecule has 0 aliphatic heterocycles. The Labute approximate surface area is 170 Å². The van der Waals surface area contributed by atoms with Crippen LogP contribution >= 0.6 is 0 Å². The summed E-state index contributed by atoms with van der Waals surface area (Å²) in [5.41, 5.74) is 4.16. The van der Waals surface area contributed by atoms with Gasteiger partial charge in [-0.1, -0.05) is 43.0 Å². The number of hydrogen-bond donors (Lipinski definition) is 1. The van der Waals surface area contributed by atoms with Gasteiger partial charge in [-0.3, -0.25) is 0 Å². The summed E-state index contributed by atoms with van der Waals surface area (Å²) in [6.45, 7) is 9.25. The zero-order valence-electron chi connectivity index (χ0n) is 16.5. The summed E-state index contributed by atoms with van der Waals surface area (Å²) >= 11 is 0. The Balaban J connectivity index is 2.03. The van der Waals surface area contributed by atoms with Crippen molar-refractivity contribution in [1.82, 2.24) is 4.98 Å². The molecule has 0 spiro atoms. The quantitative estimate of drug-likeness (QED) is 0.513. The fourth-order valence-electron chi connectivity index (χ4n) is 3.06. The highest BCUT2D eigenvalue weighted by Gasteiger charge is 2.16. The Hall–Kier alpha value is -3.18. The largest absolute Gasteiger partial charge is 0.489 e. The fraction of sp³-hybridized carbons (Fsp3) is 0.208. The minimum Gasteiger partial charge on any atom is -0.489 e. The number of benzene rings is 2. The Bertz CT molecular complexity index is 1020. The van der Waals surface area contributed by atoms with Gasteiger partial charge in [0.15, 0.2) is 0 Å². The number of hydrogen-bond acceptors (Lipinski definition) is 4.